The molecule has 33 heavy (non-hydrogen) atoms. The molecule has 0 bridgehead atoms. The standard InChI is InChI=1S/C26H27NO6/c1-30-23-14-12-22(13-15-23)16-31-19-24(25(28)32-17-20-8-4-2-5-9-20)27-26(29)33-18-21-10-6-3-7-11-21/h2-15,24H,16-19H2,1H3,(H,27,29)/t24-/m0/s1. The van der Waals surface area contributed by atoms with Crippen LogP contribution in [-0.2, 0) is 38.8 Å². The molecular weight excluding hydrogens is 422 g/mol. The summed E-state index contributed by atoms with van der Waals surface area (Å²) < 4.78 is 21.4. The highest BCUT2D eigenvalue weighted by atomic mass is 16.6. The van der Waals surface area contributed by atoms with E-state index in [0.29, 0.717) is 0 Å². The van der Waals surface area contributed by atoms with Crippen molar-refractivity contribution in [3.8, 4) is 5.75 Å². The Morgan fingerprint density at radius 1 is 0.727 bits per heavy atom. The number of amides is 1. The molecule has 0 radical (unpaired) electrons. The van der Waals surface area contributed by atoms with E-state index in [0.717, 1.165) is 22.4 Å². The number of carbonyl (C=O) groups excluding carboxylic acids is 2. The second-order valence-electron chi connectivity index (χ2n) is 7.22. The van der Waals surface area contributed by atoms with E-state index < -0.39 is 18.1 Å². The summed E-state index contributed by atoms with van der Waals surface area (Å²) in [5.74, 6) is 0.134. The molecule has 7 nitrogen and oxygen atoms in total. The summed E-state index contributed by atoms with van der Waals surface area (Å²) >= 11 is 0. The number of rotatable bonds is 11. The van der Waals surface area contributed by atoms with Crippen LogP contribution in [-0.4, -0.2) is 31.8 Å². The minimum atomic E-state index is -1.02. The van der Waals surface area contributed by atoms with Crippen molar-refractivity contribution in [3.63, 3.8) is 0 Å². The van der Waals surface area contributed by atoms with Crippen molar-refractivity contribution in [1.82, 2.24) is 5.32 Å². The first-order valence-corrected chi connectivity index (χ1v) is 10.5. The largest absolute Gasteiger partial charge is 0.497 e. The van der Waals surface area contributed by atoms with E-state index in [1.54, 1.807) is 7.11 Å². The molecule has 1 N–H and O–H groups in total. The first kappa shape index (κ1) is 23.8. The van der Waals surface area contributed by atoms with Crippen LogP contribution in [0.5, 0.6) is 5.75 Å². The molecule has 0 aliphatic carbocycles. The Kier molecular flexibility index (Phi) is 9.29. The lowest BCUT2D eigenvalue weighted by atomic mass is 10.2. The predicted molar refractivity (Wildman–Crippen MR) is 122 cm³/mol. The van der Waals surface area contributed by atoms with E-state index in [4.69, 9.17) is 18.9 Å². The first-order valence-electron chi connectivity index (χ1n) is 10.5. The Labute approximate surface area is 193 Å². The van der Waals surface area contributed by atoms with Crippen molar-refractivity contribution in [2.45, 2.75) is 25.9 Å². The summed E-state index contributed by atoms with van der Waals surface area (Å²) in [4.78, 5) is 25.0. The highest BCUT2D eigenvalue weighted by Gasteiger charge is 2.23. The van der Waals surface area contributed by atoms with Gasteiger partial charge in [0.1, 0.15) is 19.0 Å². The van der Waals surface area contributed by atoms with E-state index in [1.807, 2.05) is 84.9 Å². The van der Waals surface area contributed by atoms with Gasteiger partial charge in [-0.25, -0.2) is 9.59 Å². The fourth-order valence-corrected chi connectivity index (χ4v) is 2.92. The molecule has 0 saturated carbocycles. The molecule has 0 aromatic heterocycles. The monoisotopic (exact) mass is 449 g/mol. The summed E-state index contributed by atoms with van der Waals surface area (Å²) in [5, 5.41) is 2.55. The highest BCUT2D eigenvalue weighted by molar-refractivity contribution is 5.81. The predicted octanol–water partition coefficient (Wildman–Crippen LogP) is 4.25. The number of ether oxygens (including phenoxy) is 4. The first-order chi connectivity index (χ1) is 16.1. The second-order valence-corrected chi connectivity index (χ2v) is 7.22. The van der Waals surface area contributed by atoms with Crippen molar-refractivity contribution in [2.24, 2.45) is 0 Å². The number of hydrogen-bond donors (Lipinski definition) is 1. The van der Waals surface area contributed by atoms with Crippen LogP contribution < -0.4 is 10.1 Å². The maximum absolute atomic E-state index is 12.7. The van der Waals surface area contributed by atoms with Crippen LogP contribution in [0.15, 0.2) is 84.9 Å². The minimum absolute atomic E-state index is 0.0694. The Bertz CT molecular complexity index is 992. The number of carbonyl (C=O) groups is 2. The van der Waals surface area contributed by atoms with E-state index >= 15 is 0 Å². The molecule has 1 atom stereocenters. The lowest BCUT2D eigenvalue weighted by Gasteiger charge is -2.18. The van der Waals surface area contributed by atoms with Crippen LogP contribution in [0.3, 0.4) is 0 Å². The molecule has 0 aliphatic rings. The lowest BCUT2D eigenvalue weighted by Crippen LogP contribution is -2.45. The average molecular weight is 450 g/mol. The van der Waals surface area contributed by atoms with Gasteiger partial charge >= 0.3 is 12.1 Å². The summed E-state index contributed by atoms with van der Waals surface area (Å²) in [6.45, 7) is 0.369. The van der Waals surface area contributed by atoms with Gasteiger partial charge in [0.15, 0.2) is 6.04 Å². The van der Waals surface area contributed by atoms with Crippen LogP contribution in [0.25, 0.3) is 0 Å². The molecule has 3 aromatic carbocycles. The Morgan fingerprint density at radius 3 is 1.85 bits per heavy atom. The average Bonchev–Trinajstić information content (AvgIpc) is 2.87. The van der Waals surface area contributed by atoms with Gasteiger partial charge in [0.05, 0.1) is 20.3 Å². The molecule has 0 heterocycles. The van der Waals surface area contributed by atoms with Crippen molar-refractivity contribution >= 4 is 12.1 Å². The van der Waals surface area contributed by atoms with Crippen LogP contribution in [0.1, 0.15) is 16.7 Å². The molecule has 0 saturated heterocycles. The number of hydrogen-bond acceptors (Lipinski definition) is 6. The third kappa shape index (κ3) is 8.31. The third-order valence-corrected chi connectivity index (χ3v) is 4.73. The molecule has 3 rings (SSSR count). The van der Waals surface area contributed by atoms with Crippen molar-refractivity contribution < 1.29 is 28.5 Å². The number of esters is 1. The number of alkyl carbamates (subject to hydrolysis) is 1. The fraction of sp³-hybridized carbons (Fsp3) is 0.231. The number of benzene rings is 3. The van der Waals surface area contributed by atoms with E-state index in [9.17, 15) is 9.59 Å². The second kappa shape index (κ2) is 12.9. The summed E-state index contributed by atoms with van der Waals surface area (Å²) in [5.41, 5.74) is 2.58. The zero-order valence-electron chi connectivity index (χ0n) is 18.4. The summed E-state index contributed by atoms with van der Waals surface area (Å²) in [7, 11) is 1.60. The smallest absolute Gasteiger partial charge is 0.408 e. The summed E-state index contributed by atoms with van der Waals surface area (Å²) in [6, 6.07) is 24.9. The van der Waals surface area contributed by atoms with Crippen molar-refractivity contribution in [3.05, 3.63) is 102 Å². The van der Waals surface area contributed by atoms with Crippen molar-refractivity contribution in [2.75, 3.05) is 13.7 Å². The van der Waals surface area contributed by atoms with Crippen LogP contribution in [0, 0.1) is 0 Å². The topological polar surface area (TPSA) is 83.1 Å². The Balaban J connectivity index is 1.54. The molecule has 7 heteroatoms. The molecule has 0 fully saturated rings. The van der Waals surface area contributed by atoms with E-state index in [2.05, 4.69) is 5.32 Å². The van der Waals surface area contributed by atoms with E-state index in [-0.39, 0.29) is 26.4 Å². The number of methoxy groups -OCH3 is 1. The van der Waals surface area contributed by atoms with Crippen LogP contribution >= 0.6 is 0 Å². The third-order valence-electron chi connectivity index (χ3n) is 4.73. The fourth-order valence-electron chi connectivity index (χ4n) is 2.92. The van der Waals surface area contributed by atoms with Gasteiger partial charge in [-0.1, -0.05) is 72.8 Å². The van der Waals surface area contributed by atoms with Crippen molar-refractivity contribution in [1.29, 1.82) is 0 Å². The zero-order chi connectivity index (χ0) is 23.3. The minimum Gasteiger partial charge on any atom is -0.497 e. The van der Waals surface area contributed by atoms with Gasteiger partial charge in [0.25, 0.3) is 0 Å². The van der Waals surface area contributed by atoms with E-state index in [1.165, 1.54) is 0 Å². The summed E-state index contributed by atoms with van der Waals surface area (Å²) in [6.07, 6.45) is -0.728. The highest BCUT2D eigenvalue weighted by Crippen LogP contribution is 2.12. The zero-order valence-corrected chi connectivity index (χ0v) is 18.4. The van der Waals surface area contributed by atoms with Gasteiger partial charge in [0.2, 0.25) is 0 Å². The Hall–Kier alpha value is -3.84. The molecule has 0 aliphatic heterocycles. The van der Waals surface area contributed by atoms with Gasteiger partial charge in [0, 0.05) is 0 Å². The molecule has 0 spiro atoms. The van der Waals surface area contributed by atoms with Crippen LogP contribution in [0.4, 0.5) is 4.79 Å². The molecule has 1 amide bonds. The Morgan fingerprint density at radius 2 is 1.27 bits per heavy atom. The van der Waals surface area contributed by atoms with Gasteiger partial charge in [-0.15, -0.1) is 0 Å². The normalized spacial score (nSPS) is 11.3. The van der Waals surface area contributed by atoms with Crippen LogP contribution in [0.2, 0.25) is 0 Å². The van der Waals surface area contributed by atoms with Gasteiger partial charge in [-0.05, 0) is 28.8 Å². The maximum Gasteiger partial charge on any atom is 0.408 e. The maximum atomic E-state index is 12.7. The molecule has 172 valence electrons. The molecular formula is C26H27NO6. The van der Waals surface area contributed by atoms with Gasteiger partial charge in [-0.2, -0.15) is 0 Å². The molecule has 3 aromatic rings. The molecule has 0 unspecified atom stereocenters. The lowest BCUT2D eigenvalue weighted by molar-refractivity contribution is -0.149. The number of nitrogens with one attached hydrogen (secondary N) is 1. The van der Waals surface area contributed by atoms with Gasteiger partial charge < -0.3 is 24.3 Å². The quantitative estimate of drug-likeness (QED) is 0.441. The SMILES string of the molecule is COc1ccc(COC[C@H](NC(=O)OCc2ccccc2)C(=O)OCc2ccccc2)cc1. The van der Waals surface area contributed by atoms with Gasteiger partial charge in [-0.3, -0.25) is 0 Å².